The highest BCUT2D eigenvalue weighted by Gasteiger charge is 2.76. The number of amides is 1. The lowest BCUT2D eigenvalue weighted by atomic mass is 9.32. The van der Waals surface area contributed by atoms with Gasteiger partial charge in [0.15, 0.2) is 5.78 Å². The molecule has 0 bridgehead atoms. The maximum atomic E-state index is 14.6. The van der Waals surface area contributed by atoms with E-state index in [2.05, 4.69) is 58.9 Å². The normalized spacial score (nSPS) is 45.6. The first kappa shape index (κ1) is 27.2. The third-order valence-electron chi connectivity index (χ3n) is 13.3. The maximum absolute atomic E-state index is 14.6. The summed E-state index contributed by atoms with van der Waals surface area (Å²) in [5.74, 6) is 0.730. The van der Waals surface area contributed by atoms with E-state index in [9.17, 15) is 14.7 Å². The van der Waals surface area contributed by atoms with Gasteiger partial charge in [-0.3, -0.25) is 9.59 Å². The minimum atomic E-state index is -1.58. The average molecular weight is 537 g/mol. The fourth-order valence-corrected chi connectivity index (χ4v) is 11.0. The van der Waals surface area contributed by atoms with E-state index >= 15 is 0 Å². The largest absolute Gasteiger partial charge is 0.381 e. The molecule has 1 aromatic heterocycles. The molecule has 6 nitrogen and oxygen atoms in total. The summed E-state index contributed by atoms with van der Waals surface area (Å²) in [5, 5.41) is 20.3. The van der Waals surface area contributed by atoms with E-state index < -0.39 is 22.3 Å². The van der Waals surface area contributed by atoms with Crippen molar-refractivity contribution in [3.63, 3.8) is 0 Å². The maximum Gasteiger partial charge on any atom is 0.226 e. The Kier molecular flexibility index (Phi) is 5.49. The Morgan fingerprint density at radius 2 is 1.74 bits per heavy atom. The zero-order valence-corrected chi connectivity index (χ0v) is 25.3. The van der Waals surface area contributed by atoms with Crippen molar-refractivity contribution in [2.45, 2.75) is 118 Å². The first-order chi connectivity index (χ1) is 18.0. The van der Waals surface area contributed by atoms with Gasteiger partial charge in [0.2, 0.25) is 5.91 Å². The number of aromatic nitrogens is 1. The Labute approximate surface area is 233 Å². The summed E-state index contributed by atoms with van der Waals surface area (Å²) in [7, 11) is 0. The molecule has 5 aliphatic rings. The van der Waals surface area contributed by atoms with Gasteiger partial charge < -0.3 is 14.9 Å². The molecular weight excluding hydrogens is 488 g/mol. The van der Waals surface area contributed by atoms with Crippen molar-refractivity contribution in [3.05, 3.63) is 29.2 Å². The number of allylic oxidation sites excluding steroid dienone is 1. The van der Waals surface area contributed by atoms with Crippen LogP contribution in [0.1, 0.15) is 112 Å². The molecule has 5 aliphatic carbocycles. The van der Waals surface area contributed by atoms with E-state index in [4.69, 9.17) is 4.52 Å². The summed E-state index contributed by atoms with van der Waals surface area (Å²) < 4.78 is 5.79. The van der Waals surface area contributed by atoms with E-state index in [0.29, 0.717) is 25.3 Å². The second-order valence-electron chi connectivity index (χ2n) is 15.9. The molecule has 6 heteroatoms. The molecule has 0 saturated heterocycles. The summed E-state index contributed by atoms with van der Waals surface area (Å²) in [6.45, 7) is 18.3. The molecule has 1 aromatic rings. The number of fused-ring (bicyclic) bond motifs is 8. The van der Waals surface area contributed by atoms with E-state index in [1.165, 1.54) is 5.57 Å². The SMILES string of the molecule is CCNC(=O)[C@]12CCC(C)(C)C[C@H]1[C@@]1(O)C(=O)C=C3[C@@]4(C)Cc5cnoc5C(C)(C)[C@@H]4CC[C@@]3(C)[C@]1(C)CC2. The highest BCUT2D eigenvalue weighted by atomic mass is 16.5. The van der Waals surface area contributed by atoms with Crippen molar-refractivity contribution in [2.24, 2.45) is 38.9 Å². The lowest BCUT2D eigenvalue weighted by Crippen LogP contribution is -2.75. The smallest absolute Gasteiger partial charge is 0.226 e. The molecule has 3 fully saturated rings. The van der Waals surface area contributed by atoms with Crippen LogP contribution in [-0.2, 0) is 21.4 Å². The number of ketones is 1. The molecule has 0 spiro atoms. The van der Waals surface area contributed by atoms with Crippen LogP contribution in [0.2, 0.25) is 0 Å². The van der Waals surface area contributed by atoms with Gasteiger partial charge >= 0.3 is 0 Å². The number of nitrogens with zero attached hydrogens (tertiary/aromatic N) is 1. The molecule has 1 heterocycles. The summed E-state index contributed by atoms with van der Waals surface area (Å²) in [6.07, 6.45) is 10.1. The second-order valence-corrected chi connectivity index (χ2v) is 15.9. The topological polar surface area (TPSA) is 92.4 Å². The quantitative estimate of drug-likeness (QED) is 0.489. The third kappa shape index (κ3) is 3.05. The fourth-order valence-electron chi connectivity index (χ4n) is 11.0. The van der Waals surface area contributed by atoms with Crippen molar-refractivity contribution >= 4 is 11.7 Å². The van der Waals surface area contributed by atoms with Gasteiger partial charge in [0.05, 0.1) is 11.6 Å². The summed E-state index contributed by atoms with van der Waals surface area (Å²) in [5.41, 5.74) is -1.46. The number of carbonyl (C=O) groups excluding carboxylic acids is 2. The highest BCUT2D eigenvalue weighted by Crippen LogP contribution is 2.75. The molecule has 2 N–H and O–H groups in total. The predicted molar refractivity (Wildman–Crippen MR) is 150 cm³/mol. The van der Waals surface area contributed by atoms with Crippen molar-refractivity contribution in [1.29, 1.82) is 0 Å². The number of carbonyl (C=O) groups is 2. The zero-order chi connectivity index (χ0) is 28.4. The molecule has 6 rings (SSSR count). The van der Waals surface area contributed by atoms with Crippen LogP contribution < -0.4 is 5.32 Å². The van der Waals surface area contributed by atoms with Gasteiger partial charge in [-0.05, 0) is 86.5 Å². The molecule has 7 atom stereocenters. The third-order valence-corrected chi connectivity index (χ3v) is 13.3. The minimum absolute atomic E-state index is 0.0263. The first-order valence-electron chi connectivity index (χ1n) is 15.3. The van der Waals surface area contributed by atoms with Gasteiger partial charge in [-0.25, -0.2) is 0 Å². The molecule has 0 unspecified atom stereocenters. The van der Waals surface area contributed by atoms with Gasteiger partial charge in [-0.15, -0.1) is 0 Å². The molecule has 214 valence electrons. The Balaban J connectivity index is 1.54. The number of hydrogen-bond donors (Lipinski definition) is 2. The van der Waals surface area contributed by atoms with Crippen molar-refractivity contribution in [2.75, 3.05) is 6.54 Å². The Morgan fingerprint density at radius 1 is 1.05 bits per heavy atom. The number of hydrogen-bond acceptors (Lipinski definition) is 5. The van der Waals surface area contributed by atoms with E-state index in [1.54, 1.807) is 0 Å². The lowest BCUT2D eigenvalue weighted by Gasteiger charge is -2.71. The summed E-state index contributed by atoms with van der Waals surface area (Å²) >= 11 is 0. The monoisotopic (exact) mass is 536 g/mol. The Bertz CT molecular complexity index is 1280. The Hall–Kier alpha value is -1.95. The number of rotatable bonds is 2. The molecule has 1 amide bonds. The van der Waals surface area contributed by atoms with Crippen molar-refractivity contribution < 1.29 is 19.2 Å². The van der Waals surface area contributed by atoms with Crippen LogP contribution in [0.5, 0.6) is 0 Å². The predicted octanol–water partition coefficient (Wildman–Crippen LogP) is 5.92. The number of nitrogens with one attached hydrogen (secondary N) is 1. The van der Waals surface area contributed by atoms with E-state index in [-0.39, 0.29) is 33.4 Å². The van der Waals surface area contributed by atoms with Crippen molar-refractivity contribution in [3.8, 4) is 0 Å². The molecule has 0 aromatic carbocycles. The fraction of sp³-hybridized carbons (Fsp3) is 0.788. The Morgan fingerprint density at radius 3 is 2.44 bits per heavy atom. The highest BCUT2D eigenvalue weighted by molar-refractivity contribution is 6.01. The average Bonchev–Trinajstić information content (AvgIpc) is 3.32. The molecule has 0 aliphatic heterocycles. The van der Waals surface area contributed by atoms with Crippen LogP contribution in [-0.4, -0.2) is 34.1 Å². The van der Waals surface area contributed by atoms with Gasteiger partial charge in [0.25, 0.3) is 0 Å². The minimum Gasteiger partial charge on any atom is -0.381 e. The van der Waals surface area contributed by atoms with Crippen LogP contribution in [0, 0.1) is 38.9 Å². The van der Waals surface area contributed by atoms with Crippen LogP contribution >= 0.6 is 0 Å². The second kappa shape index (κ2) is 7.86. The summed E-state index contributed by atoms with van der Waals surface area (Å²) in [6, 6.07) is 0. The standard InChI is InChI=1S/C33H48N2O4/c1-9-34-26(37)32-14-12-27(2,3)18-23(32)33(38)24(36)16-22-29(6)17-20-19-35-39-25(20)28(4,5)21(29)10-11-30(22,7)31(33,8)13-15-32/h16,19,21,23,38H,9-15,17-18H2,1-8H3,(H,34,37)/t21-,23+,29-,30+,31-,32-,33+/m0/s1. The van der Waals surface area contributed by atoms with Gasteiger partial charge in [-0.1, -0.05) is 59.2 Å². The van der Waals surface area contributed by atoms with Gasteiger partial charge in [0.1, 0.15) is 11.4 Å². The van der Waals surface area contributed by atoms with Crippen molar-refractivity contribution in [1.82, 2.24) is 10.5 Å². The summed E-state index contributed by atoms with van der Waals surface area (Å²) in [4.78, 5) is 28.4. The van der Waals surface area contributed by atoms with Gasteiger partial charge in [-0.2, -0.15) is 0 Å². The van der Waals surface area contributed by atoms with Gasteiger partial charge in [0, 0.05) is 28.9 Å². The van der Waals surface area contributed by atoms with Crippen LogP contribution in [0.15, 0.2) is 22.4 Å². The molecule has 39 heavy (non-hydrogen) atoms. The molecule has 3 saturated carbocycles. The van der Waals surface area contributed by atoms with Crippen LogP contribution in [0.25, 0.3) is 0 Å². The lowest BCUT2D eigenvalue weighted by molar-refractivity contribution is -0.243. The van der Waals surface area contributed by atoms with Crippen LogP contribution in [0.3, 0.4) is 0 Å². The van der Waals surface area contributed by atoms with E-state index in [0.717, 1.165) is 49.8 Å². The van der Waals surface area contributed by atoms with E-state index in [1.807, 2.05) is 19.2 Å². The zero-order valence-electron chi connectivity index (χ0n) is 25.3. The van der Waals surface area contributed by atoms with Crippen LogP contribution in [0.4, 0.5) is 0 Å². The molecule has 0 radical (unpaired) electrons. The molecular formula is C33H48N2O4. The first-order valence-corrected chi connectivity index (χ1v) is 15.3. The number of aliphatic hydroxyl groups is 1.